The lowest BCUT2D eigenvalue weighted by Crippen LogP contribution is -1.77. The summed E-state index contributed by atoms with van der Waals surface area (Å²) in [4.78, 5) is 0. The van der Waals surface area contributed by atoms with Crippen molar-refractivity contribution in [1.82, 2.24) is 0 Å². The van der Waals surface area contributed by atoms with Crippen LogP contribution in [0.25, 0.3) is 12.2 Å². The van der Waals surface area contributed by atoms with Crippen molar-refractivity contribution < 1.29 is 5.11 Å². The Balaban J connectivity index is 2.27. The summed E-state index contributed by atoms with van der Waals surface area (Å²) in [6.07, 6.45) is 3.92. The van der Waals surface area contributed by atoms with Gasteiger partial charge in [-0.3, -0.25) is 0 Å². The van der Waals surface area contributed by atoms with Crippen LogP contribution >= 0.6 is 0 Å². The molecule has 0 amide bonds. The molecule has 0 saturated heterocycles. The van der Waals surface area contributed by atoms with E-state index in [1.54, 1.807) is 6.07 Å². The number of hydrogen-bond acceptors (Lipinski definition) is 1. The van der Waals surface area contributed by atoms with E-state index < -0.39 is 0 Å². The molecular formula is C15H14O. The van der Waals surface area contributed by atoms with E-state index in [4.69, 9.17) is 0 Å². The van der Waals surface area contributed by atoms with E-state index in [0.717, 1.165) is 16.7 Å². The summed E-state index contributed by atoms with van der Waals surface area (Å²) < 4.78 is 0. The molecule has 1 N–H and O–H groups in total. The number of hydrogen-bond donors (Lipinski definition) is 1. The average Bonchev–Trinajstić information content (AvgIpc) is 2.32. The summed E-state index contributed by atoms with van der Waals surface area (Å²) in [5, 5.41) is 9.66. The largest absolute Gasteiger partial charge is 0.507 e. The predicted octanol–water partition coefficient (Wildman–Crippen LogP) is 3.87. The molecule has 0 aromatic heterocycles. The Bertz CT molecular complexity index is 498. The summed E-state index contributed by atoms with van der Waals surface area (Å²) >= 11 is 0. The van der Waals surface area contributed by atoms with Gasteiger partial charge in [0.05, 0.1) is 0 Å². The van der Waals surface area contributed by atoms with E-state index in [9.17, 15) is 5.11 Å². The summed E-state index contributed by atoms with van der Waals surface area (Å²) in [5.74, 6) is 0.317. The molecule has 0 fully saturated rings. The molecule has 1 nitrogen and oxygen atoms in total. The Kier molecular flexibility index (Phi) is 3.06. The van der Waals surface area contributed by atoms with Crippen LogP contribution in [-0.2, 0) is 0 Å². The van der Waals surface area contributed by atoms with Gasteiger partial charge in [0.1, 0.15) is 5.75 Å². The number of aryl methyl sites for hydroxylation is 1. The van der Waals surface area contributed by atoms with Gasteiger partial charge >= 0.3 is 0 Å². The first-order valence-corrected chi connectivity index (χ1v) is 5.28. The molecule has 80 valence electrons. The first kappa shape index (κ1) is 10.5. The standard InChI is InChI=1S/C15H14O/c1-12-7-10-15(16)14(11-12)9-8-13-5-3-2-4-6-13/h2-11,16H,1H3. The summed E-state index contributed by atoms with van der Waals surface area (Å²) in [5.41, 5.74) is 3.12. The van der Waals surface area contributed by atoms with E-state index in [1.807, 2.05) is 61.5 Å². The molecule has 0 saturated carbocycles. The zero-order valence-corrected chi connectivity index (χ0v) is 9.22. The second kappa shape index (κ2) is 4.67. The molecule has 1 heteroatoms. The fourth-order valence-corrected chi connectivity index (χ4v) is 1.56. The fourth-order valence-electron chi connectivity index (χ4n) is 1.56. The second-order valence-electron chi connectivity index (χ2n) is 3.81. The van der Waals surface area contributed by atoms with Gasteiger partial charge in [-0.2, -0.15) is 0 Å². The summed E-state index contributed by atoms with van der Waals surface area (Å²) in [6, 6.07) is 15.6. The lowest BCUT2D eigenvalue weighted by molar-refractivity contribution is 0.474. The van der Waals surface area contributed by atoms with Crippen LogP contribution in [0.15, 0.2) is 48.5 Å². The Labute approximate surface area is 95.7 Å². The van der Waals surface area contributed by atoms with Gasteiger partial charge in [0.15, 0.2) is 0 Å². The van der Waals surface area contributed by atoms with Crippen LogP contribution in [0.4, 0.5) is 0 Å². The van der Waals surface area contributed by atoms with E-state index in [2.05, 4.69) is 0 Å². The van der Waals surface area contributed by atoms with E-state index >= 15 is 0 Å². The highest BCUT2D eigenvalue weighted by molar-refractivity contribution is 5.72. The topological polar surface area (TPSA) is 20.2 Å². The molecule has 2 aromatic rings. The van der Waals surface area contributed by atoms with Crippen molar-refractivity contribution >= 4 is 12.2 Å². The Morgan fingerprint density at radius 3 is 2.44 bits per heavy atom. The zero-order chi connectivity index (χ0) is 11.4. The number of benzene rings is 2. The lowest BCUT2D eigenvalue weighted by atomic mass is 10.1. The van der Waals surface area contributed by atoms with Crippen LogP contribution in [0, 0.1) is 6.92 Å². The minimum atomic E-state index is 0.317. The summed E-state index contributed by atoms with van der Waals surface area (Å²) in [7, 11) is 0. The first-order chi connectivity index (χ1) is 7.75. The van der Waals surface area contributed by atoms with E-state index in [-0.39, 0.29) is 0 Å². The molecule has 0 atom stereocenters. The molecule has 2 rings (SSSR count). The number of rotatable bonds is 2. The third-order valence-electron chi connectivity index (χ3n) is 2.44. The molecule has 0 aliphatic rings. The van der Waals surface area contributed by atoms with Crippen LogP contribution in [-0.4, -0.2) is 5.11 Å². The van der Waals surface area contributed by atoms with Crippen molar-refractivity contribution in [2.24, 2.45) is 0 Å². The maximum absolute atomic E-state index is 9.66. The van der Waals surface area contributed by atoms with Crippen molar-refractivity contribution in [3.05, 3.63) is 65.2 Å². The lowest BCUT2D eigenvalue weighted by Gasteiger charge is -2.00. The molecule has 0 radical (unpaired) electrons. The highest BCUT2D eigenvalue weighted by Gasteiger charge is 1.96. The Morgan fingerprint density at radius 1 is 0.938 bits per heavy atom. The summed E-state index contributed by atoms with van der Waals surface area (Å²) in [6.45, 7) is 2.01. The molecular weight excluding hydrogens is 196 g/mol. The van der Waals surface area contributed by atoms with Crippen molar-refractivity contribution in [2.45, 2.75) is 6.92 Å². The van der Waals surface area contributed by atoms with Crippen molar-refractivity contribution in [3.8, 4) is 5.75 Å². The van der Waals surface area contributed by atoms with Gasteiger partial charge in [-0.25, -0.2) is 0 Å². The normalized spacial score (nSPS) is 10.8. The maximum atomic E-state index is 9.66. The molecule has 0 heterocycles. The highest BCUT2D eigenvalue weighted by atomic mass is 16.3. The quantitative estimate of drug-likeness (QED) is 0.746. The van der Waals surface area contributed by atoms with Gasteiger partial charge in [-0.15, -0.1) is 0 Å². The number of phenols is 1. The molecule has 0 aliphatic carbocycles. The van der Waals surface area contributed by atoms with Crippen LogP contribution in [0.2, 0.25) is 0 Å². The predicted molar refractivity (Wildman–Crippen MR) is 68.2 cm³/mol. The first-order valence-electron chi connectivity index (χ1n) is 5.28. The number of aromatic hydroxyl groups is 1. The van der Waals surface area contributed by atoms with E-state index in [1.165, 1.54) is 0 Å². The van der Waals surface area contributed by atoms with Gasteiger partial charge in [-0.05, 0) is 24.6 Å². The molecule has 0 bridgehead atoms. The highest BCUT2D eigenvalue weighted by Crippen LogP contribution is 2.20. The zero-order valence-electron chi connectivity index (χ0n) is 9.22. The van der Waals surface area contributed by atoms with Gasteiger partial charge < -0.3 is 5.11 Å². The van der Waals surface area contributed by atoms with Crippen LogP contribution in [0.5, 0.6) is 5.75 Å². The van der Waals surface area contributed by atoms with Crippen LogP contribution in [0.1, 0.15) is 16.7 Å². The minimum Gasteiger partial charge on any atom is -0.507 e. The molecule has 0 spiro atoms. The average molecular weight is 210 g/mol. The van der Waals surface area contributed by atoms with Gasteiger partial charge in [0.25, 0.3) is 0 Å². The van der Waals surface area contributed by atoms with Crippen LogP contribution in [0.3, 0.4) is 0 Å². The third kappa shape index (κ3) is 2.51. The monoisotopic (exact) mass is 210 g/mol. The van der Waals surface area contributed by atoms with Crippen molar-refractivity contribution in [3.63, 3.8) is 0 Å². The van der Waals surface area contributed by atoms with Crippen molar-refractivity contribution in [2.75, 3.05) is 0 Å². The van der Waals surface area contributed by atoms with Crippen LogP contribution < -0.4 is 0 Å². The molecule has 0 aliphatic heterocycles. The van der Waals surface area contributed by atoms with E-state index in [0.29, 0.717) is 5.75 Å². The van der Waals surface area contributed by atoms with Gasteiger partial charge in [0, 0.05) is 5.56 Å². The second-order valence-corrected chi connectivity index (χ2v) is 3.81. The minimum absolute atomic E-state index is 0.317. The SMILES string of the molecule is Cc1ccc(O)c(C=Cc2ccccc2)c1. The molecule has 0 unspecified atom stereocenters. The molecule has 16 heavy (non-hydrogen) atoms. The smallest absolute Gasteiger partial charge is 0.122 e. The third-order valence-corrected chi connectivity index (χ3v) is 2.44. The van der Waals surface area contributed by atoms with Crippen molar-refractivity contribution in [1.29, 1.82) is 0 Å². The Morgan fingerprint density at radius 2 is 1.69 bits per heavy atom. The van der Waals surface area contributed by atoms with Gasteiger partial charge in [-0.1, -0.05) is 54.1 Å². The van der Waals surface area contributed by atoms with Gasteiger partial charge in [0.2, 0.25) is 0 Å². The fraction of sp³-hybridized carbons (Fsp3) is 0.0667. The number of phenolic OH excluding ortho intramolecular Hbond substituents is 1. The maximum Gasteiger partial charge on any atom is 0.122 e. The molecule has 2 aromatic carbocycles. The Hall–Kier alpha value is -2.02.